The zero-order valence-corrected chi connectivity index (χ0v) is 8.32. The topological polar surface area (TPSA) is 79.8 Å². The minimum atomic E-state index is -0.451. The van der Waals surface area contributed by atoms with Gasteiger partial charge >= 0.3 is 0 Å². The van der Waals surface area contributed by atoms with E-state index in [0.717, 1.165) is 4.70 Å². The van der Waals surface area contributed by atoms with E-state index in [0.29, 0.717) is 11.1 Å². The largest absolute Gasteiger partial charge is 0.270 e. The lowest BCUT2D eigenvalue weighted by atomic mass is 10.2. The fraction of sp³-hybridized carbons (Fsp3) is 0.111. The van der Waals surface area contributed by atoms with Gasteiger partial charge in [-0.2, -0.15) is 9.64 Å². The molecule has 0 aliphatic carbocycles. The standard InChI is InChI=1S/C9H5N3O2S/c10-4-3-8-7-5-6(12(13)14)1-2-9(7)15-11-8/h1-2,5H,3H2. The number of nitro benzene ring substituents is 1. The van der Waals surface area contributed by atoms with Crippen molar-refractivity contribution in [2.24, 2.45) is 0 Å². The SMILES string of the molecule is N#CCc1nsc2ccc([N+](=O)[O-])cc12. The minimum Gasteiger partial charge on any atom is -0.258 e. The number of hydrogen-bond acceptors (Lipinski definition) is 5. The van der Waals surface area contributed by atoms with Crippen LogP contribution >= 0.6 is 11.5 Å². The monoisotopic (exact) mass is 219 g/mol. The molecule has 0 aliphatic heterocycles. The fourth-order valence-electron chi connectivity index (χ4n) is 1.29. The van der Waals surface area contributed by atoms with E-state index in [4.69, 9.17) is 5.26 Å². The number of fused-ring (bicyclic) bond motifs is 1. The fourth-order valence-corrected chi connectivity index (χ4v) is 2.07. The number of aromatic nitrogens is 1. The molecule has 2 rings (SSSR count). The van der Waals surface area contributed by atoms with Crippen molar-refractivity contribution in [1.82, 2.24) is 4.37 Å². The molecular weight excluding hydrogens is 214 g/mol. The van der Waals surface area contributed by atoms with Crippen molar-refractivity contribution in [3.8, 4) is 6.07 Å². The summed E-state index contributed by atoms with van der Waals surface area (Å²) in [5, 5.41) is 19.8. The molecule has 0 aliphatic rings. The van der Waals surface area contributed by atoms with Crippen LogP contribution in [0.2, 0.25) is 0 Å². The summed E-state index contributed by atoms with van der Waals surface area (Å²) in [5.41, 5.74) is 0.642. The average molecular weight is 219 g/mol. The van der Waals surface area contributed by atoms with Crippen molar-refractivity contribution >= 4 is 27.3 Å². The van der Waals surface area contributed by atoms with E-state index in [2.05, 4.69) is 4.37 Å². The van der Waals surface area contributed by atoms with Gasteiger partial charge < -0.3 is 0 Å². The van der Waals surface area contributed by atoms with Crippen LogP contribution in [0.5, 0.6) is 0 Å². The number of hydrogen-bond donors (Lipinski definition) is 0. The van der Waals surface area contributed by atoms with Gasteiger partial charge in [-0.25, -0.2) is 0 Å². The molecule has 0 fully saturated rings. The number of nitro groups is 1. The molecule has 0 radical (unpaired) electrons. The molecule has 1 aromatic carbocycles. The highest BCUT2D eigenvalue weighted by atomic mass is 32.1. The van der Waals surface area contributed by atoms with E-state index in [1.165, 1.54) is 23.7 Å². The summed E-state index contributed by atoms with van der Waals surface area (Å²) in [5.74, 6) is 0. The lowest BCUT2D eigenvalue weighted by Crippen LogP contribution is -1.87. The molecule has 0 bridgehead atoms. The zero-order chi connectivity index (χ0) is 10.8. The Bertz CT molecular complexity index is 570. The molecule has 0 atom stereocenters. The second kappa shape index (κ2) is 3.63. The van der Waals surface area contributed by atoms with Crippen LogP contribution in [0.3, 0.4) is 0 Å². The maximum atomic E-state index is 10.6. The molecule has 15 heavy (non-hydrogen) atoms. The van der Waals surface area contributed by atoms with Gasteiger partial charge in [-0.1, -0.05) is 0 Å². The Balaban J connectivity index is 2.62. The van der Waals surface area contributed by atoms with Gasteiger partial charge in [0, 0.05) is 17.5 Å². The third-order valence-corrected chi connectivity index (χ3v) is 2.85. The molecule has 0 saturated heterocycles. The van der Waals surface area contributed by atoms with Crippen molar-refractivity contribution in [3.63, 3.8) is 0 Å². The number of nitrogens with zero attached hydrogens (tertiary/aromatic N) is 3. The van der Waals surface area contributed by atoms with Crippen LogP contribution in [0.15, 0.2) is 18.2 Å². The molecule has 0 saturated carbocycles. The third kappa shape index (κ3) is 1.65. The van der Waals surface area contributed by atoms with Crippen LogP contribution < -0.4 is 0 Å². The van der Waals surface area contributed by atoms with Crippen molar-refractivity contribution in [3.05, 3.63) is 34.0 Å². The summed E-state index contributed by atoms with van der Waals surface area (Å²) in [7, 11) is 0. The van der Waals surface area contributed by atoms with Crippen LogP contribution in [0.25, 0.3) is 10.1 Å². The lowest BCUT2D eigenvalue weighted by Gasteiger charge is -1.92. The minimum absolute atomic E-state index is 0.0295. The number of nitriles is 1. The van der Waals surface area contributed by atoms with Gasteiger partial charge in [0.2, 0.25) is 0 Å². The quantitative estimate of drug-likeness (QED) is 0.573. The van der Waals surface area contributed by atoms with Crippen LogP contribution in [-0.2, 0) is 6.42 Å². The van der Waals surface area contributed by atoms with Gasteiger partial charge in [0.25, 0.3) is 5.69 Å². The molecule has 6 heteroatoms. The van der Waals surface area contributed by atoms with E-state index in [1.54, 1.807) is 6.07 Å². The summed E-state index contributed by atoms with van der Waals surface area (Å²) in [6.45, 7) is 0. The van der Waals surface area contributed by atoms with Gasteiger partial charge in [0.1, 0.15) is 0 Å². The van der Waals surface area contributed by atoms with E-state index in [-0.39, 0.29) is 12.1 Å². The smallest absolute Gasteiger partial charge is 0.258 e. The van der Waals surface area contributed by atoms with Crippen molar-refractivity contribution in [2.45, 2.75) is 6.42 Å². The molecule has 0 N–H and O–H groups in total. The molecule has 74 valence electrons. The summed E-state index contributed by atoms with van der Waals surface area (Å²) >= 11 is 1.25. The van der Waals surface area contributed by atoms with Crippen molar-refractivity contribution < 1.29 is 4.92 Å². The summed E-state index contributed by atoms with van der Waals surface area (Å²) in [6.07, 6.45) is 0.182. The summed E-state index contributed by atoms with van der Waals surface area (Å²) < 4.78 is 4.95. The Morgan fingerprint density at radius 1 is 1.60 bits per heavy atom. The highest BCUT2D eigenvalue weighted by molar-refractivity contribution is 7.13. The van der Waals surface area contributed by atoms with Gasteiger partial charge in [-0.05, 0) is 17.6 Å². The molecule has 1 heterocycles. The molecule has 2 aromatic rings. The highest BCUT2D eigenvalue weighted by Gasteiger charge is 2.11. The number of non-ortho nitro benzene ring substituents is 1. The summed E-state index contributed by atoms with van der Waals surface area (Å²) in [6, 6.07) is 6.55. The van der Waals surface area contributed by atoms with Crippen LogP contribution in [0.1, 0.15) is 5.69 Å². The molecule has 0 amide bonds. The van der Waals surface area contributed by atoms with Gasteiger partial charge in [0.15, 0.2) is 0 Å². The molecule has 5 nitrogen and oxygen atoms in total. The first-order chi connectivity index (χ1) is 7.22. The van der Waals surface area contributed by atoms with Crippen molar-refractivity contribution in [1.29, 1.82) is 5.26 Å². The predicted molar refractivity (Wildman–Crippen MR) is 55.6 cm³/mol. The lowest BCUT2D eigenvalue weighted by molar-refractivity contribution is -0.384. The second-order valence-corrected chi connectivity index (χ2v) is 3.71. The Morgan fingerprint density at radius 3 is 3.07 bits per heavy atom. The van der Waals surface area contributed by atoms with E-state index < -0.39 is 4.92 Å². The molecule has 0 unspecified atom stereocenters. The van der Waals surface area contributed by atoms with Crippen LogP contribution in [0, 0.1) is 21.4 Å². The van der Waals surface area contributed by atoms with E-state index in [9.17, 15) is 10.1 Å². The Labute approximate surface area is 88.9 Å². The Hall–Kier alpha value is -2.00. The zero-order valence-electron chi connectivity index (χ0n) is 7.51. The highest BCUT2D eigenvalue weighted by Crippen LogP contribution is 2.26. The maximum absolute atomic E-state index is 10.6. The van der Waals surface area contributed by atoms with Crippen LogP contribution in [0.4, 0.5) is 5.69 Å². The first kappa shape index (κ1) is 9.55. The predicted octanol–water partition coefficient (Wildman–Crippen LogP) is 2.27. The third-order valence-electron chi connectivity index (χ3n) is 1.99. The number of benzene rings is 1. The molecular formula is C9H5N3O2S. The Morgan fingerprint density at radius 2 is 2.40 bits per heavy atom. The number of rotatable bonds is 2. The second-order valence-electron chi connectivity index (χ2n) is 2.90. The van der Waals surface area contributed by atoms with Gasteiger partial charge in [-0.15, -0.1) is 0 Å². The van der Waals surface area contributed by atoms with E-state index >= 15 is 0 Å². The first-order valence-corrected chi connectivity index (χ1v) is 4.89. The van der Waals surface area contributed by atoms with Gasteiger partial charge in [0.05, 0.1) is 27.8 Å². The first-order valence-electron chi connectivity index (χ1n) is 4.12. The summed E-state index contributed by atoms with van der Waals surface area (Å²) in [4.78, 5) is 10.1. The van der Waals surface area contributed by atoms with Crippen LogP contribution in [-0.4, -0.2) is 9.30 Å². The van der Waals surface area contributed by atoms with Gasteiger partial charge in [-0.3, -0.25) is 10.1 Å². The van der Waals surface area contributed by atoms with E-state index in [1.807, 2.05) is 6.07 Å². The molecule has 0 spiro atoms. The van der Waals surface area contributed by atoms with Crippen molar-refractivity contribution in [2.75, 3.05) is 0 Å². The maximum Gasteiger partial charge on any atom is 0.270 e. The normalized spacial score (nSPS) is 10.1. The Kier molecular flexibility index (Phi) is 2.31. The molecule has 1 aromatic heterocycles. The average Bonchev–Trinajstić information content (AvgIpc) is 2.61.